The molecule has 3 heterocycles. The fourth-order valence-electron chi connectivity index (χ4n) is 13.3. The fraction of sp³-hybridized carbons (Fsp3) is 0.127. The average molecular weight is 1190 g/mol. The molecule has 0 atom stereocenters. The van der Waals surface area contributed by atoms with Gasteiger partial charge in [-0.15, -0.1) is 0 Å². The van der Waals surface area contributed by atoms with Gasteiger partial charge in [-0.3, -0.25) is 0 Å². The highest BCUT2D eigenvalue weighted by molar-refractivity contribution is 6.13. The zero-order valence-electron chi connectivity index (χ0n) is 50.7. The van der Waals surface area contributed by atoms with Crippen molar-refractivity contribution in [2.45, 2.75) is 67.7 Å². The SMILES string of the molecule is Cc1cc(C)cc(-c2ccc3c4ccc(-c5cc(C)cc(C)c5)cc4n(-c4ccc(C(F)(F)F)cc4-c4nc(-c5ccccc5)nc(-c5cc(C(F)(F)F)ccc5-n5c6cc(-c7cc(C)cc(C)c7)ccc6c6ccc(-c7cc(C)cc(C)c7)cc65)n4)c3c2)c1. The summed E-state index contributed by atoms with van der Waals surface area (Å²) in [5, 5.41) is 3.38. The van der Waals surface area contributed by atoms with E-state index in [1.54, 1.807) is 24.3 Å². The van der Waals surface area contributed by atoms with Crippen LogP contribution in [0, 0.1) is 55.4 Å². The molecule has 0 unspecified atom stereocenters. The average Bonchev–Trinajstić information content (AvgIpc) is 1.55. The summed E-state index contributed by atoms with van der Waals surface area (Å²) in [7, 11) is 0. The Morgan fingerprint density at radius 3 is 0.811 bits per heavy atom. The molecular formula is C79H59F6N5. The van der Waals surface area contributed by atoms with Crippen molar-refractivity contribution in [3.63, 3.8) is 0 Å². The molecule has 0 fully saturated rings. The summed E-state index contributed by atoms with van der Waals surface area (Å²) in [5.41, 5.74) is 17.8. The van der Waals surface area contributed by atoms with Crippen LogP contribution in [0.5, 0.6) is 0 Å². The highest BCUT2D eigenvalue weighted by Crippen LogP contribution is 2.45. The molecule has 0 saturated carbocycles. The van der Waals surface area contributed by atoms with Crippen LogP contribution in [0.3, 0.4) is 0 Å². The van der Waals surface area contributed by atoms with Crippen LogP contribution in [0.15, 0.2) is 212 Å². The van der Waals surface area contributed by atoms with Gasteiger partial charge in [-0.1, -0.05) is 196 Å². The standard InChI is InChI=1S/C79H59F6N5/c1-44-26-45(2)31-57(30-44)53-14-20-63-64-21-15-54(58-32-46(3)27-47(4)33-58)39-72(64)89(71(63)38-53)69-24-18-61(78(80,81)82)42-67(69)76-86-75(52-12-10-9-11-13-52)87-77(88-76)68-43-62(79(83,84)85)19-25-70(68)90-73-40-55(59-34-48(5)28-49(6)35-59)16-22-65(73)66-23-17-56(41-74(66)90)60-36-50(7)29-51(8)37-60/h9-43H,1-8H3. The number of hydrogen-bond donors (Lipinski definition) is 0. The number of aryl methyl sites for hydroxylation is 8. The van der Waals surface area contributed by atoms with E-state index in [1.807, 2.05) is 70.6 Å². The summed E-state index contributed by atoms with van der Waals surface area (Å²) in [6, 6.07) is 66.0. The lowest BCUT2D eigenvalue weighted by molar-refractivity contribution is -0.138. The van der Waals surface area contributed by atoms with Gasteiger partial charge in [0, 0.05) is 38.2 Å². The van der Waals surface area contributed by atoms with Crippen molar-refractivity contribution in [1.29, 1.82) is 0 Å². The van der Waals surface area contributed by atoms with E-state index >= 15 is 26.3 Å². The summed E-state index contributed by atoms with van der Waals surface area (Å²) in [6.07, 6.45) is -9.68. The summed E-state index contributed by atoms with van der Waals surface area (Å²) in [6.45, 7) is 16.3. The van der Waals surface area contributed by atoms with Gasteiger partial charge in [-0.2, -0.15) is 26.3 Å². The van der Waals surface area contributed by atoms with Crippen molar-refractivity contribution in [2.24, 2.45) is 0 Å². The van der Waals surface area contributed by atoms with Crippen molar-refractivity contribution in [3.05, 3.63) is 268 Å². The maximum absolute atomic E-state index is 15.6. The first-order chi connectivity index (χ1) is 43.1. The van der Waals surface area contributed by atoms with Crippen molar-refractivity contribution >= 4 is 43.6 Å². The third-order valence-corrected chi connectivity index (χ3v) is 17.0. The van der Waals surface area contributed by atoms with Crippen LogP contribution in [-0.2, 0) is 12.4 Å². The molecule has 0 saturated heterocycles. The zero-order chi connectivity index (χ0) is 62.7. The predicted octanol–water partition coefficient (Wildman–Crippen LogP) is 22.2. The highest BCUT2D eigenvalue weighted by Gasteiger charge is 2.35. The minimum absolute atomic E-state index is 0.0281. The minimum atomic E-state index is -4.84. The van der Waals surface area contributed by atoms with Gasteiger partial charge in [0.15, 0.2) is 17.5 Å². The van der Waals surface area contributed by atoms with Crippen LogP contribution in [-0.4, -0.2) is 24.1 Å². The van der Waals surface area contributed by atoms with Crippen LogP contribution in [0.2, 0.25) is 0 Å². The van der Waals surface area contributed by atoms with E-state index < -0.39 is 23.5 Å². The number of aromatic nitrogens is 5. The van der Waals surface area contributed by atoms with Gasteiger partial charge in [0.1, 0.15) is 0 Å². The molecule has 5 nitrogen and oxygen atoms in total. The van der Waals surface area contributed by atoms with Crippen LogP contribution in [0.25, 0.3) is 134 Å². The lowest BCUT2D eigenvalue weighted by Crippen LogP contribution is -2.10. The monoisotopic (exact) mass is 1190 g/mol. The molecule has 3 aromatic heterocycles. The highest BCUT2D eigenvalue weighted by atomic mass is 19.4. The molecule has 14 rings (SSSR count). The Morgan fingerprint density at radius 1 is 0.256 bits per heavy atom. The van der Waals surface area contributed by atoms with Gasteiger partial charge < -0.3 is 9.13 Å². The number of nitrogens with zero attached hydrogens (tertiary/aromatic N) is 5. The van der Waals surface area contributed by atoms with Crippen molar-refractivity contribution in [3.8, 4) is 90.0 Å². The molecule has 90 heavy (non-hydrogen) atoms. The number of alkyl halides is 6. The van der Waals surface area contributed by atoms with E-state index in [-0.39, 0.29) is 28.6 Å². The molecule has 0 aliphatic carbocycles. The first kappa shape index (κ1) is 57.4. The van der Waals surface area contributed by atoms with Crippen molar-refractivity contribution in [2.75, 3.05) is 0 Å². The number of fused-ring (bicyclic) bond motifs is 6. The summed E-state index contributed by atoms with van der Waals surface area (Å²) in [4.78, 5) is 15.3. The van der Waals surface area contributed by atoms with E-state index in [1.165, 1.54) is 12.1 Å². The Labute approximate surface area is 517 Å². The van der Waals surface area contributed by atoms with E-state index in [0.29, 0.717) is 39.0 Å². The maximum Gasteiger partial charge on any atom is 0.416 e. The molecule has 11 aromatic carbocycles. The third kappa shape index (κ3) is 10.6. The van der Waals surface area contributed by atoms with Crippen molar-refractivity contribution in [1.82, 2.24) is 24.1 Å². The van der Waals surface area contributed by atoms with Gasteiger partial charge in [-0.25, -0.2) is 15.0 Å². The molecule has 0 bridgehead atoms. The molecule has 11 heteroatoms. The van der Waals surface area contributed by atoms with Crippen molar-refractivity contribution < 1.29 is 26.3 Å². The Hall–Kier alpha value is -10.4. The third-order valence-electron chi connectivity index (χ3n) is 17.0. The molecule has 14 aromatic rings. The van der Waals surface area contributed by atoms with E-state index in [2.05, 4.69) is 146 Å². The molecule has 0 spiro atoms. The number of hydrogen-bond acceptors (Lipinski definition) is 3. The number of halogens is 6. The van der Waals surface area contributed by atoms with E-state index in [9.17, 15) is 0 Å². The van der Waals surface area contributed by atoms with E-state index in [0.717, 1.165) is 135 Å². The summed E-state index contributed by atoms with van der Waals surface area (Å²) in [5.74, 6) is -0.341. The largest absolute Gasteiger partial charge is 0.416 e. The molecule has 0 amide bonds. The predicted molar refractivity (Wildman–Crippen MR) is 354 cm³/mol. The Balaban J connectivity index is 1.08. The van der Waals surface area contributed by atoms with Gasteiger partial charge in [0.05, 0.1) is 44.6 Å². The van der Waals surface area contributed by atoms with Crippen LogP contribution in [0.4, 0.5) is 26.3 Å². The first-order valence-electron chi connectivity index (χ1n) is 29.8. The molecule has 0 N–H and O–H groups in total. The maximum atomic E-state index is 15.6. The van der Waals surface area contributed by atoms with Gasteiger partial charge in [0.25, 0.3) is 0 Å². The second-order valence-electron chi connectivity index (χ2n) is 24.2. The minimum Gasteiger partial charge on any atom is -0.308 e. The van der Waals surface area contributed by atoms with Gasteiger partial charge in [-0.05, 0) is 161 Å². The van der Waals surface area contributed by atoms with Gasteiger partial charge in [0.2, 0.25) is 0 Å². The second-order valence-corrected chi connectivity index (χ2v) is 24.2. The Morgan fingerprint density at radius 2 is 0.533 bits per heavy atom. The zero-order valence-corrected chi connectivity index (χ0v) is 50.7. The van der Waals surface area contributed by atoms with Crippen LogP contribution in [0.1, 0.15) is 55.6 Å². The van der Waals surface area contributed by atoms with Crippen LogP contribution < -0.4 is 0 Å². The number of benzene rings is 11. The Bertz CT molecular complexity index is 4660. The second kappa shape index (κ2) is 21.7. The normalized spacial score (nSPS) is 12.1. The molecule has 0 radical (unpaired) electrons. The van der Waals surface area contributed by atoms with E-state index in [4.69, 9.17) is 15.0 Å². The summed E-state index contributed by atoms with van der Waals surface area (Å²) >= 11 is 0. The molecule has 0 aliphatic heterocycles. The fourth-order valence-corrected chi connectivity index (χ4v) is 13.3. The topological polar surface area (TPSA) is 48.5 Å². The lowest BCUT2D eigenvalue weighted by Gasteiger charge is -2.19. The lowest BCUT2D eigenvalue weighted by atomic mass is 9.98. The molecular weight excluding hydrogens is 1130 g/mol. The van der Waals surface area contributed by atoms with Gasteiger partial charge >= 0.3 is 12.4 Å². The quantitative estimate of drug-likeness (QED) is 0.135. The smallest absolute Gasteiger partial charge is 0.308 e. The first-order valence-corrected chi connectivity index (χ1v) is 29.8. The Kier molecular flexibility index (Phi) is 13.8. The van der Waals surface area contributed by atoms with Crippen LogP contribution >= 0.6 is 0 Å². The molecule has 442 valence electrons. The summed E-state index contributed by atoms with van der Waals surface area (Å²) < 4.78 is 97.4. The molecule has 0 aliphatic rings. The number of rotatable bonds is 9.